The highest BCUT2D eigenvalue weighted by Gasteiger charge is 2.23. The van der Waals surface area contributed by atoms with E-state index >= 15 is 0 Å². The highest BCUT2D eigenvalue weighted by molar-refractivity contribution is 6.31. The largest absolute Gasteiger partial charge is 0.493 e. The maximum Gasteiger partial charge on any atom is 0.263 e. The van der Waals surface area contributed by atoms with Crippen molar-refractivity contribution in [3.63, 3.8) is 0 Å². The fourth-order valence-corrected chi connectivity index (χ4v) is 2.89. The zero-order valence-corrected chi connectivity index (χ0v) is 15.9. The summed E-state index contributed by atoms with van der Waals surface area (Å²) in [5.41, 5.74) is 1.36. The number of halogens is 1. The number of anilines is 1. The lowest BCUT2D eigenvalue weighted by atomic mass is 10.1. The molecule has 1 amide bonds. The van der Waals surface area contributed by atoms with E-state index in [0.29, 0.717) is 35.3 Å². The minimum Gasteiger partial charge on any atom is -0.493 e. The lowest BCUT2D eigenvalue weighted by molar-refractivity contribution is 0.0980. The molecule has 138 valence electrons. The van der Waals surface area contributed by atoms with Crippen LogP contribution in [-0.4, -0.2) is 17.5 Å². The maximum absolute atomic E-state index is 13.4. The van der Waals surface area contributed by atoms with Crippen LogP contribution in [-0.2, 0) is 6.54 Å². The molecule has 0 spiro atoms. The summed E-state index contributed by atoms with van der Waals surface area (Å²) < 4.78 is 5.77. The molecule has 5 heteroatoms. The minimum atomic E-state index is -0.180. The summed E-state index contributed by atoms with van der Waals surface area (Å²) in [6, 6.07) is 20.3. The maximum atomic E-state index is 13.4. The normalized spacial score (nSPS) is 10.4. The van der Waals surface area contributed by atoms with Crippen molar-refractivity contribution in [1.29, 1.82) is 0 Å². The van der Waals surface area contributed by atoms with Gasteiger partial charge in [0.2, 0.25) is 0 Å². The number of carbonyl (C=O) groups excluding carboxylic acids is 1. The van der Waals surface area contributed by atoms with Crippen molar-refractivity contribution in [2.24, 2.45) is 0 Å². The Hall–Kier alpha value is -2.85. The van der Waals surface area contributed by atoms with Gasteiger partial charge in [0.05, 0.1) is 18.7 Å². The quantitative estimate of drug-likeness (QED) is 0.553. The predicted molar refractivity (Wildman–Crippen MR) is 108 cm³/mol. The van der Waals surface area contributed by atoms with Gasteiger partial charge in [-0.2, -0.15) is 0 Å². The van der Waals surface area contributed by atoms with Crippen LogP contribution < -0.4 is 9.64 Å². The van der Waals surface area contributed by atoms with Crippen molar-refractivity contribution in [1.82, 2.24) is 4.98 Å². The second-order valence-corrected chi connectivity index (χ2v) is 6.42. The molecule has 1 heterocycles. The molecule has 0 atom stereocenters. The number of para-hydroxylation sites is 1. The third-order valence-corrected chi connectivity index (χ3v) is 4.41. The summed E-state index contributed by atoms with van der Waals surface area (Å²) in [4.78, 5) is 19.4. The molecule has 3 aromatic rings. The number of benzene rings is 2. The third kappa shape index (κ3) is 4.66. The van der Waals surface area contributed by atoms with E-state index in [-0.39, 0.29) is 5.91 Å². The first kappa shape index (κ1) is 18.9. The Morgan fingerprint density at radius 1 is 1.04 bits per heavy atom. The molecule has 0 saturated heterocycles. The van der Waals surface area contributed by atoms with Gasteiger partial charge in [-0.3, -0.25) is 9.69 Å². The summed E-state index contributed by atoms with van der Waals surface area (Å²) in [7, 11) is 0. The SMILES string of the molecule is CCCOc1ccccc1C(=O)N(Cc1ccccc1Cl)c1ccccn1. The average molecular weight is 381 g/mol. The predicted octanol–water partition coefficient (Wildman–Crippen LogP) is 5.37. The van der Waals surface area contributed by atoms with Gasteiger partial charge in [-0.15, -0.1) is 0 Å². The van der Waals surface area contributed by atoms with Crippen LogP contribution in [0.25, 0.3) is 0 Å². The summed E-state index contributed by atoms with van der Waals surface area (Å²) in [6.45, 7) is 2.90. The highest BCUT2D eigenvalue weighted by Crippen LogP contribution is 2.26. The highest BCUT2D eigenvalue weighted by atomic mass is 35.5. The van der Waals surface area contributed by atoms with Crippen LogP contribution in [0.1, 0.15) is 29.3 Å². The molecule has 2 aromatic carbocycles. The molecule has 0 aliphatic carbocycles. The van der Waals surface area contributed by atoms with Crippen molar-refractivity contribution in [3.8, 4) is 5.75 Å². The van der Waals surface area contributed by atoms with E-state index in [0.717, 1.165) is 12.0 Å². The van der Waals surface area contributed by atoms with E-state index in [2.05, 4.69) is 4.98 Å². The Balaban J connectivity index is 1.98. The molecule has 0 N–H and O–H groups in total. The van der Waals surface area contributed by atoms with Gasteiger partial charge in [0.25, 0.3) is 5.91 Å². The van der Waals surface area contributed by atoms with Gasteiger partial charge >= 0.3 is 0 Å². The smallest absolute Gasteiger partial charge is 0.263 e. The first-order chi connectivity index (χ1) is 13.2. The lowest BCUT2D eigenvalue weighted by Gasteiger charge is -2.23. The van der Waals surface area contributed by atoms with Gasteiger partial charge in [0, 0.05) is 11.2 Å². The molecule has 4 nitrogen and oxygen atoms in total. The van der Waals surface area contributed by atoms with Crippen LogP contribution in [0, 0.1) is 0 Å². The summed E-state index contributed by atoms with van der Waals surface area (Å²) >= 11 is 6.32. The third-order valence-electron chi connectivity index (χ3n) is 4.04. The molecule has 3 rings (SSSR count). The summed E-state index contributed by atoms with van der Waals surface area (Å²) in [6.07, 6.45) is 2.54. The number of aromatic nitrogens is 1. The van der Waals surface area contributed by atoms with Crippen LogP contribution >= 0.6 is 11.6 Å². The molecule has 0 bridgehead atoms. The molecule has 27 heavy (non-hydrogen) atoms. The molecule has 0 saturated carbocycles. The number of rotatable bonds is 7. The van der Waals surface area contributed by atoms with Gasteiger partial charge in [-0.1, -0.05) is 54.9 Å². The Morgan fingerprint density at radius 3 is 2.52 bits per heavy atom. The van der Waals surface area contributed by atoms with Gasteiger partial charge in [-0.05, 0) is 42.3 Å². The monoisotopic (exact) mass is 380 g/mol. The van der Waals surface area contributed by atoms with Gasteiger partial charge < -0.3 is 4.74 Å². The number of pyridine rings is 1. The number of hydrogen-bond acceptors (Lipinski definition) is 3. The molecule has 0 aliphatic rings. The van der Waals surface area contributed by atoms with E-state index in [1.54, 1.807) is 17.2 Å². The van der Waals surface area contributed by atoms with Crippen LogP contribution in [0.15, 0.2) is 72.9 Å². The van der Waals surface area contributed by atoms with E-state index in [1.165, 1.54) is 0 Å². The number of ether oxygens (including phenoxy) is 1. The van der Waals surface area contributed by atoms with Crippen LogP contribution in [0.5, 0.6) is 5.75 Å². The number of nitrogens with zero attached hydrogens (tertiary/aromatic N) is 2. The molecular weight excluding hydrogens is 360 g/mol. The minimum absolute atomic E-state index is 0.180. The van der Waals surface area contributed by atoms with E-state index in [4.69, 9.17) is 16.3 Å². The first-order valence-corrected chi connectivity index (χ1v) is 9.26. The van der Waals surface area contributed by atoms with Crippen LogP contribution in [0.4, 0.5) is 5.82 Å². The van der Waals surface area contributed by atoms with Crippen molar-refractivity contribution in [3.05, 3.63) is 89.1 Å². The summed E-state index contributed by atoms with van der Waals surface area (Å²) in [5, 5.41) is 0.613. The van der Waals surface area contributed by atoms with E-state index in [1.807, 2.05) is 67.6 Å². The van der Waals surface area contributed by atoms with Crippen LogP contribution in [0.3, 0.4) is 0 Å². The van der Waals surface area contributed by atoms with Crippen LogP contribution in [0.2, 0.25) is 5.02 Å². The number of carbonyl (C=O) groups is 1. The zero-order valence-electron chi connectivity index (χ0n) is 15.1. The topological polar surface area (TPSA) is 42.4 Å². The number of hydrogen-bond donors (Lipinski definition) is 0. The first-order valence-electron chi connectivity index (χ1n) is 8.89. The Bertz CT molecular complexity index is 900. The van der Waals surface area contributed by atoms with E-state index < -0.39 is 0 Å². The standard InChI is InChI=1S/C22H21ClN2O2/c1-2-15-27-20-12-6-4-10-18(20)22(26)25(21-13-7-8-14-24-21)16-17-9-3-5-11-19(17)23/h3-14H,2,15-16H2,1H3. The second-order valence-electron chi connectivity index (χ2n) is 6.02. The summed E-state index contributed by atoms with van der Waals surface area (Å²) in [5.74, 6) is 0.956. The molecule has 0 aliphatic heterocycles. The Kier molecular flexibility index (Phi) is 6.44. The second kappa shape index (κ2) is 9.19. The van der Waals surface area contributed by atoms with Crippen molar-refractivity contribution in [2.75, 3.05) is 11.5 Å². The molecule has 0 radical (unpaired) electrons. The fraction of sp³-hybridized carbons (Fsp3) is 0.182. The van der Waals surface area contributed by atoms with Crippen molar-refractivity contribution < 1.29 is 9.53 Å². The van der Waals surface area contributed by atoms with E-state index in [9.17, 15) is 4.79 Å². The van der Waals surface area contributed by atoms with Crippen molar-refractivity contribution >= 4 is 23.3 Å². The Labute approximate surface area is 164 Å². The van der Waals surface area contributed by atoms with Gasteiger partial charge in [0.1, 0.15) is 11.6 Å². The Morgan fingerprint density at radius 2 is 1.78 bits per heavy atom. The van der Waals surface area contributed by atoms with Gasteiger partial charge in [0.15, 0.2) is 0 Å². The molecule has 1 aromatic heterocycles. The molecule has 0 fully saturated rings. The lowest BCUT2D eigenvalue weighted by Crippen LogP contribution is -2.31. The van der Waals surface area contributed by atoms with Gasteiger partial charge in [-0.25, -0.2) is 4.98 Å². The zero-order chi connectivity index (χ0) is 19.1. The molecule has 0 unspecified atom stereocenters. The van der Waals surface area contributed by atoms with Crippen molar-refractivity contribution in [2.45, 2.75) is 19.9 Å². The number of amides is 1. The average Bonchev–Trinajstić information content (AvgIpc) is 2.72. The molecular formula is C22H21ClN2O2. The fourth-order valence-electron chi connectivity index (χ4n) is 2.69.